The summed E-state index contributed by atoms with van der Waals surface area (Å²) in [6, 6.07) is 1.94. The maximum absolute atomic E-state index is 12.8. The Hall–Kier alpha value is -1.74. The Morgan fingerprint density at radius 2 is 1.96 bits per heavy atom. The molecule has 6 nitrogen and oxygen atoms in total. The molecule has 0 amide bonds. The first-order chi connectivity index (χ1) is 12.8. The van der Waals surface area contributed by atoms with E-state index >= 15 is 0 Å². The van der Waals surface area contributed by atoms with Gasteiger partial charge in [0, 0.05) is 45.9 Å². The van der Waals surface area contributed by atoms with Crippen LogP contribution in [0.5, 0.6) is 0 Å². The van der Waals surface area contributed by atoms with E-state index in [1.165, 1.54) is 0 Å². The van der Waals surface area contributed by atoms with Gasteiger partial charge in [-0.05, 0) is 31.7 Å². The molecule has 1 heterocycles. The van der Waals surface area contributed by atoms with Gasteiger partial charge in [-0.3, -0.25) is 0 Å². The van der Waals surface area contributed by atoms with Gasteiger partial charge in [-0.15, -0.1) is 0 Å². The molecule has 1 saturated carbocycles. The number of rotatable bonds is 8. The number of hydrogen-bond donors (Lipinski definition) is 3. The topological polar surface area (TPSA) is 75.4 Å². The molecule has 0 atom stereocenters. The van der Waals surface area contributed by atoms with Crippen LogP contribution in [0.4, 0.5) is 30.5 Å². The van der Waals surface area contributed by atoms with Gasteiger partial charge in [0.05, 0.1) is 18.2 Å². The third-order valence-corrected chi connectivity index (χ3v) is 5.11. The van der Waals surface area contributed by atoms with E-state index in [1.807, 2.05) is 18.0 Å². The molecule has 0 saturated heterocycles. The highest BCUT2D eigenvalue weighted by atomic mass is 19.4. The van der Waals surface area contributed by atoms with Crippen molar-refractivity contribution in [3.8, 4) is 0 Å². The molecule has 1 aliphatic rings. The second-order valence-corrected chi connectivity index (χ2v) is 7.04. The maximum atomic E-state index is 12.8. The van der Waals surface area contributed by atoms with Crippen LogP contribution in [0.2, 0.25) is 0 Å². The predicted molar refractivity (Wildman–Crippen MR) is 102 cm³/mol. The number of nitrogens with zero attached hydrogens (tertiary/aromatic N) is 2. The number of nitrogens with two attached hydrogens (primary N) is 1. The van der Waals surface area contributed by atoms with Gasteiger partial charge in [0.1, 0.15) is 5.82 Å². The number of aromatic nitrogens is 1. The number of alkyl halides is 3. The first kappa shape index (κ1) is 21.6. The molecular formula is C18H30F3N5O. The smallest absolute Gasteiger partial charge is 0.391 e. The number of pyridine rings is 1. The van der Waals surface area contributed by atoms with Crippen molar-refractivity contribution < 1.29 is 17.9 Å². The van der Waals surface area contributed by atoms with Crippen molar-refractivity contribution in [3.05, 3.63) is 11.6 Å². The van der Waals surface area contributed by atoms with Crippen molar-refractivity contribution >= 4 is 17.3 Å². The van der Waals surface area contributed by atoms with Gasteiger partial charge in [-0.1, -0.05) is 0 Å². The monoisotopic (exact) mass is 389 g/mol. The molecule has 0 radical (unpaired) electrons. The minimum Gasteiger partial charge on any atom is -0.396 e. The molecule has 0 aliphatic heterocycles. The number of nitrogens with one attached hydrogen (secondary N) is 2. The Morgan fingerprint density at radius 1 is 1.30 bits per heavy atom. The molecule has 0 spiro atoms. The van der Waals surface area contributed by atoms with E-state index in [9.17, 15) is 13.2 Å². The predicted octanol–water partition coefficient (Wildman–Crippen LogP) is 3.00. The highest BCUT2D eigenvalue weighted by Gasteiger charge is 2.41. The summed E-state index contributed by atoms with van der Waals surface area (Å²) in [6.07, 6.45) is -2.67. The van der Waals surface area contributed by atoms with Crippen molar-refractivity contribution in [1.82, 2.24) is 10.3 Å². The number of ether oxygens (including phenoxy) is 1. The van der Waals surface area contributed by atoms with Crippen LogP contribution in [-0.2, 0) is 11.3 Å². The molecule has 27 heavy (non-hydrogen) atoms. The van der Waals surface area contributed by atoms with E-state index in [0.29, 0.717) is 44.0 Å². The van der Waals surface area contributed by atoms with Crippen LogP contribution in [-0.4, -0.2) is 51.6 Å². The molecule has 1 aliphatic carbocycles. The Labute approximate surface area is 158 Å². The molecular weight excluding hydrogens is 359 g/mol. The van der Waals surface area contributed by atoms with E-state index in [0.717, 1.165) is 11.4 Å². The van der Waals surface area contributed by atoms with E-state index in [4.69, 9.17) is 10.5 Å². The summed E-state index contributed by atoms with van der Waals surface area (Å²) < 4.78 is 43.6. The summed E-state index contributed by atoms with van der Waals surface area (Å²) in [5.41, 5.74) is 7.52. The number of nitrogen functional groups attached to an aromatic ring is 1. The fourth-order valence-electron chi connectivity index (χ4n) is 3.44. The highest BCUT2D eigenvalue weighted by Crippen LogP contribution is 2.37. The number of hydrogen-bond acceptors (Lipinski definition) is 6. The lowest BCUT2D eigenvalue weighted by Gasteiger charge is -2.31. The quantitative estimate of drug-likeness (QED) is 0.635. The van der Waals surface area contributed by atoms with Gasteiger partial charge in [0.15, 0.2) is 5.82 Å². The minimum absolute atomic E-state index is 0.0749. The van der Waals surface area contributed by atoms with Crippen molar-refractivity contribution in [2.24, 2.45) is 5.92 Å². The molecule has 0 aromatic carbocycles. The van der Waals surface area contributed by atoms with Gasteiger partial charge in [-0.25, -0.2) is 4.98 Å². The third kappa shape index (κ3) is 5.87. The summed E-state index contributed by atoms with van der Waals surface area (Å²) in [7, 11) is 5.33. The molecule has 0 bridgehead atoms. The largest absolute Gasteiger partial charge is 0.396 e. The summed E-state index contributed by atoms with van der Waals surface area (Å²) >= 11 is 0. The van der Waals surface area contributed by atoms with Crippen LogP contribution in [0, 0.1) is 5.92 Å². The molecule has 1 fully saturated rings. The van der Waals surface area contributed by atoms with Gasteiger partial charge in [0.2, 0.25) is 0 Å². The van der Waals surface area contributed by atoms with Crippen LogP contribution in [0.15, 0.2) is 6.07 Å². The van der Waals surface area contributed by atoms with Crippen LogP contribution in [0.25, 0.3) is 0 Å². The van der Waals surface area contributed by atoms with Crippen LogP contribution >= 0.6 is 0 Å². The second-order valence-electron chi connectivity index (χ2n) is 7.04. The van der Waals surface area contributed by atoms with Gasteiger partial charge >= 0.3 is 6.18 Å². The van der Waals surface area contributed by atoms with E-state index in [2.05, 4.69) is 15.6 Å². The number of anilines is 3. The highest BCUT2D eigenvalue weighted by molar-refractivity contribution is 5.67. The van der Waals surface area contributed by atoms with Crippen LogP contribution in [0.1, 0.15) is 31.2 Å². The zero-order valence-corrected chi connectivity index (χ0v) is 16.2. The van der Waals surface area contributed by atoms with Crippen LogP contribution < -0.4 is 21.3 Å². The van der Waals surface area contributed by atoms with E-state index < -0.39 is 12.1 Å². The summed E-state index contributed by atoms with van der Waals surface area (Å²) in [5.74, 6) is 0.212. The van der Waals surface area contributed by atoms with Gasteiger partial charge < -0.3 is 26.0 Å². The van der Waals surface area contributed by atoms with Crippen LogP contribution in [0.3, 0.4) is 0 Å². The average Bonchev–Trinajstić information content (AvgIpc) is 2.64. The lowest BCUT2D eigenvalue weighted by molar-refractivity contribution is -0.182. The fourth-order valence-corrected chi connectivity index (χ4v) is 3.44. The summed E-state index contributed by atoms with van der Waals surface area (Å²) in [5, 5.41) is 6.36. The SMILES string of the molecule is CNc1nc(N(C)CCOC)c(CNC2CCC(C(F)(F)F)CC2)cc1N. The third-order valence-electron chi connectivity index (χ3n) is 5.11. The van der Waals surface area contributed by atoms with Crippen molar-refractivity contribution in [2.45, 2.75) is 44.4 Å². The average molecular weight is 389 g/mol. The number of halogens is 3. The Kier molecular flexibility index (Phi) is 7.55. The van der Waals surface area contributed by atoms with Crippen molar-refractivity contribution in [2.75, 3.05) is 50.3 Å². The molecule has 9 heteroatoms. The van der Waals surface area contributed by atoms with Crippen molar-refractivity contribution in [3.63, 3.8) is 0 Å². The molecule has 1 aromatic heterocycles. The first-order valence-electron chi connectivity index (χ1n) is 9.23. The summed E-state index contributed by atoms with van der Waals surface area (Å²) in [4.78, 5) is 6.58. The Morgan fingerprint density at radius 3 is 2.52 bits per heavy atom. The maximum Gasteiger partial charge on any atom is 0.391 e. The molecule has 2 rings (SSSR count). The lowest BCUT2D eigenvalue weighted by atomic mass is 9.85. The molecule has 154 valence electrons. The summed E-state index contributed by atoms with van der Waals surface area (Å²) in [6.45, 7) is 1.74. The molecule has 0 unspecified atom stereocenters. The van der Waals surface area contributed by atoms with E-state index in [1.54, 1.807) is 14.2 Å². The fraction of sp³-hybridized carbons (Fsp3) is 0.722. The lowest BCUT2D eigenvalue weighted by Crippen LogP contribution is -2.37. The van der Waals surface area contributed by atoms with Gasteiger partial charge in [0.25, 0.3) is 0 Å². The Bertz CT molecular complexity index is 603. The number of methoxy groups -OCH3 is 1. The zero-order chi connectivity index (χ0) is 20.0. The normalized spacial score (nSPS) is 20.5. The first-order valence-corrected chi connectivity index (χ1v) is 9.23. The Balaban J connectivity index is 2.03. The van der Waals surface area contributed by atoms with Crippen molar-refractivity contribution in [1.29, 1.82) is 0 Å². The molecule has 1 aromatic rings. The second kappa shape index (κ2) is 9.45. The number of likely N-dealkylation sites (N-methyl/N-ethyl adjacent to an activating group) is 1. The standard InChI is InChI=1S/C18H30F3N5O/c1-23-16-15(22)10-12(17(25-16)26(2)8-9-27-3)11-24-14-6-4-13(5-7-14)18(19,20)21/h10,13-14,24H,4-9,11,22H2,1-3H3,(H,23,25). The minimum atomic E-state index is -4.08. The van der Waals surface area contributed by atoms with Gasteiger partial charge in [-0.2, -0.15) is 13.2 Å². The molecule has 4 N–H and O–H groups in total. The van der Waals surface area contributed by atoms with E-state index in [-0.39, 0.29) is 18.9 Å². The zero-order valence-electron chi connectivity index (χ0n) is 16.2.